The molecule has 0 amide bonds. The summed E-state index contributed by atoms with van der Waals surface area (Å²) in [5.74, 6) is 0. The van der Waals surface area contributed by atoms with E-state index in [9.17, 15) is 8.42 Å². The Balaban J connectivity index is 1.70. The predicted octanol–water partition coefficient (Wildman–Crippen LogP) is 0.829. The van der Waals surface area contributed by atoms with Crippen LogP contribution >= 0.6 is 0 Å². The normalized spacial score (nSPS) is 18.8. The Morgan fingerprint density at radius 1 is 1.30 bits per heavy atom. The van der Waals surface area contributed by atoms with Gasteiger partial charge < -0.3 is 10.1 Å². The van der Waals surface area contributed by atoms with E-state index in [0.29, 0.717) is 6.54 Å². The highest BCUT2D eigenvalue weighted by molar-refractivity contribution is 7.88. The molecule has 0 fully saturated rings. The molecule has 0 radical (unpaired) electrons. The summed E-state index contributed by atoms with van der Waals surface area (Å²) in [5.41, 5.74) is 2.63. The third kappa shape index (κ3) is 4.86. The Labute approximate surface area is 120 Å². The average Bonchev–Trinajstić information content (AvgIpc) is 2.41. The maximum absolute atomic E-state index is 10.9. The summed E-state index contributed by atoms with van der Waals surface area (Å²) in [5, 5.41) is 3.32. The largest absolute Gasteiger partial charge is 0.372 e. The van der Waals surface area contributed by atoms with Crippen molar-refractivity contribution in [3.8, 4) is 0 Å². The van der Waals surface area contributed by atoms with Gasteiger partial charge in [0, 0.05) is 13.1 Å². The van der Waals surface area contributed by atoms with E-state index in [1.54, 1.807) is 0 Å². The lowest BCUT2D eigenvalue weighted by Crippen LogP contribution is -2.30. The van der Waals surface area contributed by atoms with Crippen molar-refractivity contribution in [2.75, 3.05) is 32.5 Å². The zero-order chi connectivity index (χ0) is 14.4. The second-order valence-corrected chi connectivity index (χ2v) is 6.87. The molecule has 20 heavy (non-hydrogen) atoms. The van der Waals surface area contributed by atoms with Gasteiger partial charge in [0.2, 0.25) is 10.0 Å². The molecule has 1 aromatic carbocycles. The van der Waals surface area contributed by atoms with Gasteiger partial charge in [0.15, 0.2) is 0 Å². The molecular weight excluding hydrogens is 276 g/mol. The number of rotatable bonds is 7. The van der Waals surface area contributed by atoms with Gasteiger partial charge in [0.25, 0.3) is 0 Å². The predicted molar refractivity (Wildman–Crippen MR) is 79.2 cm³/mol. The minimum atomic E-state index is -3.07. The van der Waals surface area contributed by atoms with E-state index in [1.165, 1.54) is 17.4 Å². The maximum atomic E-state index is 10.9. The molecular formula is C14H22N2O3S. The van der Waals surface area contributed by atoms with Gasteiger partial charge in [-0.2, -0.15) is 0 Å². The molecule has 0 spiro atoms. The first kappa shape index (κ1) is 15.4. The zero-order valence-electron chi connectivity index (χ0n) is 11.8. The smallest absolute Gasteiger partial charge is 0.208 e. The molecule has 2 rings (SSSR count). The molecule has 1 aliphatic rings. The molecule has 2 N–H and O–H groups in total. The van der Waals surface area contributed by atoms with E-state index in [1.807, 2.05) is 6.07 Å². The quantitative estimate of drug-likeness (QED) is 0.732. The number of sulfonamides is 1. The Bertz CT molecular complexity index is 531. The summed E-state index contributed by atoms with van der Waals surface area (Å²) in [7, 11) is -3.07. The number of fused-ring (bicyclic) bond motifs is 1. The van der Waals surface area contributed by atoms with Crippen molar-refractivity contribution in [3.05, 3.63) is 35.4 Å². The third-order valence-electron chi connectivity index (χ3n) is 3.32. The number of ether oxygens (including phenoxy) is 1. The van der Waals surface area contributed by atoms with E-state index in [0.717, 1.165) is 32.5 Å². The fourth-order valence-corrected chi connectivity index (χ4v) is 2.87. The minimum absolute atomic E-state index is 0.0998. The summed E-state index contributed by atoms with van der Waals surface area (Å²) in [6.07, 6.45) is 3.02. The van der Waals surface area contributed by atoms with Crippen LogP contribution in [0, 0.1) is 0 Å². The van der Waals surface area contributed by atoms with Crippen molar-refractivity contribution < 1.29 is 13.2 Å². The third-order valence-corrected chi connectivity index (χ3v) is 4.05. The van der Waals surface area contributed by atoms with Crippen molar-refractivity contribution in [2.24, 2.45) is 0 Å². The van der Waals surface area contributed by atoms with E-state index in [-0.39, 0.29) is 6.10 Å². The fraction of sp³-hybridized carbons (Fsp3) is 0.571. The lowest BCUT2D eigenvalue weighted by atomic mass is 9.97. The second kappa shape index (κ2) is 7.17. The Kier molecular flexibility index (Phi) is 5.54. The van der Waals surface area contributed by atoms with Gasteiger partial charge in [-0.3, -0.25) is 0 Å². The Hall–Kier alpha value is -0.950. The van der Waals surface area contributed by atoms with Gasteiger partial charge in [-0.1, -0.05) is 24.3 Å². The number of nitrogens with one attached hydrogen (secondary N) is 2. The molecule has 1 heterocycles. The molecule has 1 aromatic rings. The van der Waals surface area contributed by atoms with Crippen molar-refractivity contribution in [1.29, 1.82) is 0 Å². The molecule has 0 saturated heterocycles. The molecule has 1 unspecified atom stereocenters. The van der Waals surface area contributed by atoms with Crippen molar-refractivity contribution in [2.45, 2.75) is 18.9 Å². The van der Waals surface area contributed by atoms with Gasteiger partial charge in [-0.15, -0.1) is 0 Å². The molecule has 0 saturated carbocycles. The van der Waals surface area contributed by atoms with E-state index < -0.39 is 10.0 Å². The lowest BCUT2D eigenvalue weighted by Gasteiger charge is -2.26. The molecule has 0 aliphatic carbocycles. The summed E-state index contributed by atoms with van der Waals surface area (Å²) >= 11 is 0. The van der Waals surface area contributed by atoms with Crippen LogP contribution in [0.25, 0.3) is 0 Å². The van der Waals surface area contributed by atoms with Crippen LogP contribution in [-0.4, -0.2) is 40.9 Å². The molecule has 1 atom stereocenters. The van der Waals surface area contributed by atoms with Crippen LogP contribution < -0.4 is 10.0 Å². The highest BCUT2D eigenvalue weighted by atomic mass is 32.2. The summed E-state index contributed by atoms with van der Waals surface area (Å²) in [6, 6.07) is 8.37. The maximum Gasteiger partial charge on any atom is 0.208 e. The summed E-state index contributed by atoms with van der Waals surface area (Å²) < 4.78 is 30.1. The van der Waals surface area contributed by atoms with Gasteiger partial charge in [0.1, 0.15) is 0 Å². The zero-order valence-corrected chi connectivity index (χ0v) is 12.6. The highest BCUT2D eigenvalue weighted by Crippen LogP contribution is 2.25. The fourth-order valence-electron chi connectivity index (χ4n) is 2.35. The van der Waals surface area contributed by atoms with Crippen LogP contribution in [0.3, 0.4) is 0 Å². The molecule has 0 aromatic heterocycles. The first-order valence-corrected chi connectivity index (χ1v) is 8.80. The molecule has 6 heteroatoms. The monoisotopic (exact) mass is 298 g/mol. The minimum Gasteiger partial charge on any atom is -0.372 e. The van der Waals surface area contributed by atoms with Crippen molar-refractivity contribution in [3.63, 3.8) is 0 Å². The summed E-state index contributed by atoms with van der Waals surface area (Å²) in [4.78, 5) is 0. The number of benzene rings is 1. The van der Waals surface area contributed by atoms with Gasteiger partial charge in [-0.05, 0) is 30.5 Å². The molecule has 1 aliphatic heterocycles. The topological polar surface area (TPSA) is 67.4 Å². The van der Waals surface area contributed by atoms with Crippen LogP contribution in [0.4, 0.5) is 0 Å². The molecule has 5 nitrogen and oxygen atoms in total. The standard InChI is InChI=1S/C14H22N2O3S/c1-20(17,18)16-9-4-8-15-11-14-13-6-3-2-5-12(13)7-10-19-14/h2-3,5-6,14-16H,4,7-11H2,1H3. The number of hydrogen-bond acceptors (Lipinski definition) is 4. The second-order valence-electron chi connectivity index (χ2n) is 5.03. The van der Waals surface area contributed by atoms with Crippen LogP contribution in [0.5, 0.6) is 0 Å². The van der Waals surface area contributed by atoms with Crippen molar-refractivity contribution >= 4 is 10.0 Å². The first-order chi connectivity index (χ1) is 9.56. The number of hydrogen-bond donors (Lipinski definition) is 2. The van der Waals surface area contributed by atoms with Crippen molar-refractivity contribution in [1.82, 2.24) is 10.0 Å². The highest BCUT2D eigenvalue weighted by Gasteiger charge is 2.19. The average molecular weight is 298 g/mol. The van der Waals surface area contributed by atoms with Crippen LogP contribution in [0.1, 0.15) is 23.7 Å². The van der Waals surface area contributed by atoms with Crippen LogP contribution in [0.15, 0.2) is 24.3 Å². The van der Waals surface area contributed by atoms with Crippen LogP contribution in [-0.2, 0) is 21.2 Å². The van der Waals surface area contributed by atoms with Crippen LogP contribution in [0.2, 0.25) is 0 Å². The van der Waals surface area contributed by atoms with E-state index in [4.69, 9.17) is 4.74 Å². The SMILES string of the molecule is CS(=O)(=O)NCCCNCC1OCCc2ccccc21. The van der Waals surface area contributed by atoms with E-state index >= 15 is 0 Å². The first-order valence-electron chi connectivity index (χ1n) is 6.91. The Morgan fingerprint density at radius 3 is 2.90 bits per heavy atom. The summed E-state index contributed by atoms with van der Waals surface area (Å²) in [6.45, 7) is 2.76. The molecule has 112 valence electrons. The Morgan fingerprint density at radius 2 is 2.10 bits per heavy atom. The molecule has 0 bridgehead atoms. The lowest BCUT2D eigenvalue weighted by molar-refractivity contribution is 0.0426. The van der Waals surface area contributed by atoms with Gasteiger partial charge in [-0.25, -0.2) is 13.1 Å². The van der Waals surface area contributed by atoms with E-state index in [2.05, 4.69) is 28.2 Å². The van der Waals surface area contributed by atoms with Gasteiger partial charge >= 0.3 is 0 Å². The van der Waals surface area contributed by atoms with Gasteiger partial charge in [0.05, 0.1) is 19.0 Å².